The molecule has 12 heteroatoms. The van der Waals surface area contributed by atoms with E-state index in [0.29, 0.717) is 18.1 Å². The summed E-state index contributed by atoms with van der Waals surface area (Å²) >= 11 is 5.49. The maximum absolute atomic E-state index is 14.2. The minimum absolute atomic E-state index is 0.0398. The molecule has 1 saturated heterocycles. The van der Waals surface area contributed by atoms with Gasteiger partial charge in [-0.1, -0.05) is 17.7 Å². The molecule has 2 atom stereocenters. The van der Waals surface area contributed by atoms with Crippen LogP contribution in [0, 0.1) is 17.6 Å². The molecule has 1 aliphatic rings. The summed E-state index contributed by atoms with van der Waals surface area (Å²) in [5.74, 6) is -1.38. The summed E-state index contributed by atoms with van der Waals surface area (Å²) in [6.45, 7) is 0.538. The molecule has 172 valence electrons. The van der Waals surface area contributed by atoms with Gasteiger partial charge >= 0.3 is 0 Å². The van der Waals surface area contributed by atoms with Crippen molar-refractivity contribution < 1.29 is 31.6 Å². The van der Waals surface area contributed by atoms with Gasteiger partial charge in [0.05, 0.1) is 18.0 Å². The first-order valence-electron chi connectivity index (χ1n) is 9.39. The minimum Gasteiger partial charge on any atom is -0.396 e. The molecular formula is C20H20ClF2N3O5S. The zero-order valence-corrected chi connectivity index (χ0v) is 18.2. The fourth-order valence-corrected chi connectivity index (χ4v) is 4.01. The molecule has 1 aromatic heterocycles. The molecule has 1 fully saturated rings. The second kappa shape index (κ2) is 10.0. The fraction of sp³-hybridized carbons (Fsp3) is 0.300. The maximum Gasteiger partial charge on any atom is 0.294 e. The molecule has 2 heterocycles. The molecule has 3 aromatic rings. The topological polar surface area (TPSA) is 115 Å². The summed E-state index contributed by atoms with van der Waals surface area (Å²) in [4.78, 5) is 3.71. The smallest absolute Gasteiger partial charge is 0.294 e. The van der Waals surface area contributed by atoms with Crippen LogP contribution < -0.4 is 0 Å². The highest BCUT2D eigenvalue weighted by Gasteiger charge is 2.44. The second-order valence-electron chi connectivity index (χ2n) is 7.20. The summed E-state index contributed by atoms with van der Waals surface area (Å²) in [6, 6.07) is 8.69. The number of nitrogens with zero attached hydrogens (tertiary/aromatic N) is 3. The first-order chi connectivity index (χ1) is 15.1. The van der Waals surface area contributed by atoms with Crippen molar-refractivity contribution in [2.75, 3.05) is 13.2 Å². The molecule has 2 N–H and O–H groups in total. The molecule has 32 heavy (non-hydrogen) atoms. The van der Waals surface area contributed by atoms with E-state index in [0.717, 1.165) is 6.07 Å². The van der Waals surface area contributed by atoms with Crippen molar-refractivity contribution in [2.45, 2.75) is 23.5 Å². The SMILES string of the molecule is O=S(=O)(O)c1ccc(Cl)cc1.OC[C@@H]1CO[C@@](Cn2cncn2)(c2ccc(F)cc2F)C1. The second-order valence-corrected chi connectivity index (χ2v) is 9.06. The van der Waals surface area contributed by atoms with Crippen LogP contribution in [-0.4, -0.2) is 46.1 Å². The van der Waals surface area contributed by atoms with Crippen molar-refractivity contribution in [3.8, 4) is 0 Å². The van der Waals surface area contributed by atoms with Crippen molar-refractivity contribution >= 4 is 21.7 Å². The number of aliphatic hydroxyl groups excluding tert-OH is 1. The van der Waals surface area contributed by atoms with Crippen molar-refractivity contribution in [3.05, 3.63) is 77.3 Å². The van der Waals surface area contributed by atoms with Crippen LogP contribution in [0.3, 0.4) is 0 Å². The molecule has 4 rings (SSSR count). The average Bonchev–Trinajstić information content (AvgIpc) is 3.39. The Morgan fingerprint density at radius 3 is 2.47 bits per heavy atom. The zero-order valence-electron chi connectivity index (χ0n) is 16.6. The van der Waals surface area contributed by atoms with Gasteiger partial charge in [0.1, 0.15) is 29.9 Å². The first kappa shape index (κ1) is 24.2. The molecule has 2 aromatic carbocycles. The largest absolute Gasteiger partial charge is 0.396 e. The van der Waals surface area contributed by atoms with Gasteiger partial charge in [-0.2, -0.15) is 13.5 Å². The molecule has 1 aliphatic heterocycles. The lowest BCUT2D eigenvalue weighted by Gasteiger charge is -2.29. The third kappa shape index (κ3) is 5.87. The highest BCUT2D eigenvalue weighted by atomic mass is 35.5. The van der Waals surface area contributed by atoms with Gasteiger partial charge in [0, 0.05) is 29.2 Å². The van der Waals surface area contributed by atoms with Crippen molar-refractivity contribution in [1.82, 2.24) is 14.8 Å². The third-order valence-electron chi connectivity index (χ3n) is 4.89. The molecule has 8 nitrogen and oxygen atoms in total. The number of hydrogen-bond donors (Lipinski definition) is 2. The molecule has 0 radical (unpaired) electrons. The highest BCUT2D eigenvalue weighted by molar-refractivity contribution is 7.85. The van der Waals surface area contributed by atoms with Gasteiger partial charge in [0.25, 0.3) is 10.1 Å². The lowest BCUT2D eigenvalue weighted by molar-refractivity contribution is -0.0207. The summed E-state index contributed by atoms with van der Waals surface area (Å²) < 4.78 is 64.1. The van der Waals surface area contributed by atoms with E-state index in [1.165, 1.54) is 49.1 Å². The molecule has 0 amide bonds. The molecule has 0 spiro atoms. The number of ether oxygens (including phenoxy) is 1. The number of hydrogen-bond acceptors (Lipinski definition) is 6. The Morgan fingerprint density at radius 1 is 1.22 bits per heavy atom. The van der Waals surface area contributed by atoms with E-state index in [9.17, 15) is 22.3 Å². The normalized spacial score (nSPS) is 20.6. The third-order valence-corrected chi connectivity index (χ3v) is 6.01. The average molecular weight is 488 g/mol. The lowest BCUT2D eigenvalue weighted by atomic mass is 9.87. The van der Waals surface area contributed by atoms with E-state index in [1.54, 1.807) is 4.68 Å². The number of benzene rings is 2. The van der Waals surface area contributed by atoms with E-state index in [-0.39, 0.29) is 29.5 Å². The molecule has 0 aliphatic carbocycles. The van der Waals surface area contributed by atoms with Gasteiger partial charge in [0.2, 0.25) is 0 Å². The molecular weight excluding hydrogens is 468 g/mol. The van der Waals surface area contributed by atoms with Crippen LogP contribution in [0.25, 0.3) is 0 Å². The monoisotopic (exact) mass is 487 g/mol. The molecule has 0 saturated carbocycles. The van der Waals surface area contributed by atoms with E-state index in [4.69, 9.17) is 20.9 Å². The Morgan fingerprint density at radius 2 is 1.94 bits per heavy atom. The summed E-state index contributed by atoms with van der Waals surface area (Å²) in [7, 11) is -4.08. The summed E-state index contributed by atoms with van der Waals surface area (Å²) in [5.41, 5.74) is -0.700. The van der Waals surface area contributed by atoms with Crippen LogP contribution in [0.2, 0.25) is 5.02 Å². The lowest BCUT2D eigenvalue weighted by Crippen LogP contribution is -2.32. The fourth-order valence-electron chi connectivity index (χ4n) is 3.40. The summed E-state index contributed by atoms with van der Waals surface area (Å²) in [5, 5.41) is 13.8. The molecule has 0 bridgehead atoms. The van der Waals surface area contributed by atoms with Crippen LogP contribution in [0.5, 0.6) is 0 Å². The number of aromatic nitrogens is 3. The van der Waals surface area contributed by atoms with Crippen molar-refractivity contribution in [3.63, 3.8) is 0 Å². The van der Waals surface area contributed by atoms with Gasteiger partial charge in [-0.3, -0.25) is 4.55 Å². The number of halogens is 3. The Kier molecular flexibility index (Phi) is 7.57. The van der Waals surface area contributed by atoms with Crippen LogP contribution >= 0.6 is 11.6 Å². The Hall–Kier alpha value is -2.44. The standard InChI is InChI=1S/C14H15F2N3O2.C6H5ClO3S/c15-11-1-2-12(13(16)3-11)14(4-10(5-20)6-21-14)7-19-9-17-8-18-19;7-5-1-3-6(4-2-5)11(8,9)10/h1-3,8-10,20H,4-7H2;1-4H,(H,8,9,10)/t10-,14+;/m1./s1. The van der Waals surface area contributed by atoms with Crippen LogP contribution in [-0.2, 0) is 27.0 Å². The maximum atomic E-state index is 14.2. The predicted molar refractivity (Wildman–Crippen MR) is 110 cm³/mol. The minimum atomic E-state index is -4.08. The molecule has 0 unspecified atom stereocenters. The number of rotatable bonds is 5. The van der Waals surface area contributed by atoms with Gasteiger partial charge in [-0.05, 0) is 36.8 Å². The van der Waals surface area contributed by atoms with Gasteiger partial charge in [-0.15, -0.1) is 0 Å². The highest BCUT2D eigenvalue weighted by Crippen LogP contribution is 2.41. The van der Waals surface area contributed by atoms with Crippen molar-refractivity contribution in [2.24, 2.45) is 5.92 Å². The first-order valence-corrected chi connectivity index (χ1v) is 11.2. The van der Waals surface area contributed by atoms with Crippen molar-refractivity contribution in [1.29, 1.82) is 0 Å². The van der Waals surface area contributed by atoms with Gasteiger partial charge in [0.15, 0.2) is 0 Å². The number of aliphatic hydroxyl groups is 1. The van der Waals surface area contributed by atoms with Crippen LogP contribution in [0.15, 0.2) is 60.0 Å². The van der Waals surface area contributed by atoms with E-state index >= 15 is 0 Å². The Bertz CT molecular complexity index is 1150. The Balaban J connectivity index is 0.000000222. The van der Waals surface area contributed by atoms with Gasteiger partial charge < -0.3 is 9.84 Å². The van der Waals surface area contributed by atoms with E-state index in [2.05, 4.69) is 10.1 Å². The Labute approximate surface area is 188 Å². The zero-order chi connectivity index (χ0) is 23.4. The van der Waals surface area contributed by atoms with E-state index < -0.39 is 27.4 Å². The van der Waals surface area contributed by atoms with E-state index in [1.807, 2.05) is 0 Å². The summed E-state index contributed by atoms with van der Waals surface area (Å²) in [6.07, 6.45) is 3.33. The van der Waals surface area contributed by atoms with Gasteiger partial charge in [-0.25, -0.2) is 18.4 Å². The van der Waals surface area contributed by atoms with Crippen LogP contribution in [0.4, 0.5) is 8.78 Å². The van der Waals surface area contributed by atoms with Crippen LogP contribution in [0.1, 0.15) is 12.0 Å². The quantitative estimate of drug-likeness (QED) is 0.531. The predicted octanol–water partition coefficient (Wildman–Crippen LogP) is 3.07.